The quantitative estimate of drug-likeness (QED) is 0.382. The number of nitrogens with two attached hydrogens (primary N) is 1. The fourth-order valence-electron chi connectivity index (χ4n) is 1.61. The summed E-state index contributed by atoms with van der Waals surface area (Å²) < 4.78 is 30.0. The molecule has 2 atom stereocenters. The molecule has 21 heavy (non-hydrogen) atoms. The summed E-state index contributed by atoms with van der Waals surface area (Å²) >= 11 is 0. The van der Waals surface area contributed by atoms with Gasteiger partial charge in [-0.3, -0.25) is 14.2 Å². The predicted octanol–water partition coefficient (Wildman–Crippen LogP) is 0.189. The molecule has 5 N–H and O–H groups in total. The van der Waals surface area contributed by atoms with Crippen molar-refractivity contribution >= 4 is 21.6 Å². The van der Waals surface area contributed by atoms with Crippen molar-refractivity contribution in [2.45, 2.75) is 32.8 Å². The zero-order valence-corrected chi connectivity index (χ0v) is 13.7. The number of carbonyl (C=O) groups is 1. The largest absolute Gasteiger partial charge is 0.481 e. The lowest BCUT2D eigenvalue weighted by atomic mass is 10.2. The Kier molecular flexibility index (Phi) is 8.84. The molecule has 0 aliphatic carbocycles. The average Bonchev–Trinajstić information content (AvgIpc) is 2.22. The highest BCUT2D eigenvalue weighted by molar-refractivity contribution is 7.60. The first-order valence-corrected chi connectivity index (χ1v) is 9.26. The lowest BCUT2D eigenvalue weighted by Gasteiger charge is -2.20. The van der Waals surface area contributed by atoms with Crippen LogP contribution in [0.25, 0.3) is 0 Å². The highest BCUT2D eigenvalue weighted by atomic mass is 31.3. The number of rotatable bonds is 11. The van der Waals surface area contributed by atoms with Crippen LogP contribution in [0.1, 0.15) is 26.7 Å². The first-order valence-electron chi connectivity index (χ1n) is 6.24. The molecule has 0 aliphatic rings. The third kappa shape index (κ3) is 12.0. The molecule has 0 aromatic carbocycles. The van der Waals surface area contributed by atoms with Crippen molar-refractivity contribution in [3.05, 3.63) is 0 Å². The molecule has 0 saturated carbocycles. The van der Waals surface area contributed by atoms with Crippen LogP contribution >= 0.6 is 15.6 Å². The van der Waals surface area contributed by atoms with Crippen LogP contribution in [0, 0.1) is 0 Å². The predicted molar refractivity (Wildman–Crippen MR) is 74.0 cm³/mol. The second kappa shape index (κ2) is 8.97. The van der Waals surface area contributed by atoms with Gasteiger partial charge in [-0.15, -0.1) is 0 Å². The van der Waals surface area contributed by atoms with Gasteiger partial charge < -0.3 is 20.4 Å². The zero-order chi connectivity index (χ0) is 16.7. The number of amides is 1. The molecular weight excluding hydrogens is 326 g/mol. The number of primary amides is 1. The van der Waals surface area contributed by atoms with Gasteiger partial charge in [0.2, 0.25) is 5.91 Å². The Hall–Kier alpha value is -0.310. The minimum absolute atomic E-state index is 0.117. The van der Waals surface area contributed by atoms with E-state index in [9.17, 15) is 13.9 Å². The molecule has 0 spiro atoms. The topological polar surface area (TPSA) is 160 Å². The molecule has 0 aromatic heterocycles. The molecule has 10 nitrogen and oxygen atoms in total. The Bertz CT molecular complexity index is 426. The minimum atomic E-state index is -5.10. The van der Waals surface area contributed by atoms with Crippen LogP contribution in [-0.4, -0.2) is 51.2 Å². The number of phosphoric acid groups is 2. The molecule has 12 heteroatoms. The Morgan fingerprint density at radius 1 is 1.33 bits per heavy atom. The normalized spacial score (nSPS) is 16.7. The van der Waals surface area contributed by atoms with E-state index in [-0.39, 0.29) is 6.54 Å². The van der Waals surface area contributed by atoms with Crippen molar-refractivity contribution in [3.8, 4) is 0 Å². The molecule has 1 amide bonds. The maximum Gasteiger partial charge on any atom is 0.481 e. The number of phosphoric ester groups is 1. The lowest BCUT2D eigenvalue weighted by Crippen LogP contribution is -2.34. The van der Waals surface area contributed by atoms with E-state index in [1.165, 1.54) is 6.92 Å². The maximum absolute atomic E-state index is 11.3. The van der Waals surface area contributed by atoms with E-state index >= 15 is 0 Å². The fraction of sp³-hybridized carbons (Fsp3) is 0.889. The zero-order valence-electron chi connectivity index (χ0n) is 11.9. The Labute approximate surface area is 123 Å². The summed E-state index contributed by atoms with van der Waals surface area (Å²) in [4.78, 5) is 38.6. The Balaban J connectivity index is 4.15. The van der Waals surface area contributed by atoms with Crippen molar-refractivity contribution in [1.82, 2.24) is 4.90 Å². The van der Waals surface area contributed by atoms with Crippen molar-refractivity contribution < 1.29 is 37.4 Å². The fourth-order valence-corrected chi connectivity index (χ4v) is 3.39. The van der Waals surface area contributed by atoms with Crippen molar-refractivity contribution in [2.24, 2.45) is 5.73 Å². The number of carbonyl (C=O) groups excluding carboxylic acids is 1. The van der Waals surface area contributed by atoms with Gasteiger partial charge in [-0.25, -0.2) is 9.13 Å². The third-order valence-electron chi connectivity index (χ3n) is 2.43. The summed E-state index contributed by atoms with van der Waals surface area (Å²) in [6, 6.07) is 0. The number of hydrogen-bond acceptors (Lipinski definition) is 6. The summed E-state index contributed by atoms with van der Waals surface area (Å²) in [5, 5.41) is 0. The number of likely N-dealkylation sites (N-methyl/N-ethyl adjacent to an activating group) is 1. The summed E-state index contributed by atoms with van der Waals surface area (Å²) in [5.41, 5.74) is 5.08. The highest BCUT2D eigenvalue weighted by Gasteiger charge is 2.33. The second-order valence-corrected chi connectivity index (χ2v) is 7.22. The van der Waals surface area contributed by atoms with Crippen LogP contribution in [0.2, 0.25) is 0 Å². The monoisotopic (exact) mass is 348 g/mol. The molecule has 0 aliphatic heterocycles. The molecule has 2 unspecified atom stereocenters. The van der Waals surface area contributed by atoms with Crippen molar-refractivity contribution in [2.75, 3.05) is 19.6 Å². The highest BCUT2D eigenvalue weighted by Crippen LogP contribution is 2.58. The van der Waals surface area contributed by atoms with E-state index in [4.69, 9.17) is 20.4 Å². The van der Waals surface area contributed by atoms with E-state index in [0.29, 0.717) is 25.9 Å². The first kappa shape index (κ1) is 20.7. The van der Waals surface area contributed by atoms with Crippen LogP contribution in [0.15, 0.2) is 0 Å². The van der Waals surface area contributed by atoms with E-state index in [1.807, 2.05) is 6.92 Å². The van der Waals surface area contributed by atoms with Crippen molar-refractivity contribution in [3.63, 3.8) is 0 Å². The number of nitrogens with zero attached hydrogens (tertiary/aromatic N) is 1. The average molecular weight is 348 g/mol. The Morgan fingerprint density at radius 2 is 1.90 bits per heavy atom. The summed E-state index contributed by atoms with van der Waals surface area (Å²) in [6.45, 7) is 4.60. The molecule has 0 aromatic rings. The van der Waals surface area contributed by atoms with E-state index in [2.05, 4.69) is 8.83 Å². The molecule has 0 rings (SSSR count). The third-order valence-corrected chi connectivity index (χ3v) is 4.74. The summed E-state index contributed by atoms with van der Waals surface area (Å²) in [6.07, 6.45) is 0.127. The van der Waals surface area contributed by atoms with Gasteiger partial charge in [-0.2, -0.15) is 4.31 Å². The maximum atomic E-state index is 11.3. The van der Waals surface area contributed by atoms with Gasteiger partial charge in [-0.05, 0) is 32.9 Å². The van der Waals surface area contributed by atoms with Gasteiger partial charge >= 0.3 is 15.6 Å². The number of hydrogen-bond donors (Lipinski definition) is 4. The van der Waals surface area contributed by atoms with Crippen LogP contribution < -0.4 is 5.73 Å². The van der Waals surface area contributed by atoms with Gasteiger partial charge in [0, 0.05) is 0 Å². The van der Waals surface area contributed by atoms with Gasteiger partial charge in [0.05, 0.1) is 12.6 Å². The molecule has 0 heterocycles. The van der Waals surface area contributed by atoms with Crippen LogP contribution in [0.3, 0.4) is 0 Å². The minimum Gasteiger partial charge on any atom is -0.369 e. The van der Waals surface area contributed by atoms with Crippen molar-refractivity contribution in [1.29, 1.82) is 0 Å². The second-order valence-electron chi connectivity index (χ2n) is 4.43. The lowest BCUT2D eigenvalue weighted by molar-refractivity contribution is -0.119. The van der Waals surface area contributed by atoms with Crippen LogP contribution in [0.4, 0.5) is 0 Å². The van der Waals surface area contributed by atoms with Gasteiger partial charge in [0.15, 0.2) is 0 Å². The SMILES string of the molecule is CCN(CCCC(C)OP(=O)(O)OP(=O)(O)O)CC(N)=O. The first-order chi connectivity index (χ1) is 9.45. The Morgan fingerprint density at radius 3 is 2.33 bits per heavy atom. The molecule has 126 valence electrons. The van der Waals surface area contributed by atoms with Gasteiger partial charge in [-0.1, -0.05) is 6.92 Å². The van der Waals surface area contributed by atoms with Crippen LogP contribution in [0.5, 0.6) is 0 Å². The van der Waals surface area contributed by atoms with E-state index in [0.717, 1.165) is 0 Å². The molecular formula is C9H22N2O8P2. The molecule has 0 saturated heterocycles. The van der Waals surface area contributed by atoms with E-state index in [1.54, 1.807) is 4.90 Å². The molecule has 0 bridgehead atoms. The summed E-state index contributed by atoms with van der Waals surface area (Å²) in [5.74, 6) is -0.448. The van der Waals surface area contributed by atoms with E-state index < -0.39 is 27.7 Å². The summed E-state index contributed by atoms with van der Waals surface area (Å²) in [7, 11) is -9.92. The smallest absolute Gasteiger partial charge is 0.369 e. The van der Waals surface area contributed by atoms with Gasteiger partial charge in [0.1, 0.15) is 0 Å². The van der Waals surface area contributed by atoms with Crippen LogP contribution in [-0.2, 0) is 22.8 Å². The molecule has 0 radical (unpaired) electrons. The molecule has 0 fully saturated rings. The standard InChI is InChI=1S/C9H22N2O8P2/c1-3-11(7-9(10)12)6-4-5-8(2)18-21(16,17)19-20(13,14)15/h8H,3-7H2,1-2H3,(H2,10,12)(H,16,17)(H2,13,14,15). The van der Waals surface area contributed by atoms with Gasteiger partial charge in [0.25, 0.3) is 0 Å².